The van der Waals surface area contributed by atoms with Crippen molar-refractivity contribution < 1.29 is 14.7 Å². The second-order valence-corrected chi connectivity index (χ2v) is 6.13. The van der Waals surface area contributed by atoms with Crippen molar-refractivity contribution in [3.63, 3.8) is 0 Å². The highest BCUT2D eigenvalue weighted by atomic mass is 35.5. The molecule has 1 aliphatic rings. The van der Waals surface area contributed by atoms with Gasteiger partial charge in [0, 0.05) is 35.2 Å². The minimum atomic E-state index is -0.820. The first-order valence-electron chi connectivity index (χ1n) is 7.30. The van der Waals surface area contributed by atoms with Gasteiger partial charge in [-0.2, -0.15) is 0 Å². The van der Waals surface area contributed by atoms with Crippen LogP contribution in [0, 0.1) is 5.92 Å². The monoisotopic (exact) mass is 320 g/mol. The lowest BCUT2D eigenvalue weighted by Gasteiger charge is -2.30. The number of likely N-dealkylation sites (tertiary alicyclic amines) is 1. The van der Waals surface area contributed by atoms with E-state index < -0.39 is 11.9 Å². The molecule has 3 rings (SSSR count). The Labute approximate surface area is 132 Å². The second kappa shape index (κ2) is 6.01. The van der Waals surface area contributed by atoms with Crippen molar-refractivity contribution in [1.29, 1.82) is 0 Å². The predicted molar refractivity (Wildman–Crippen MR) is 84.0 cm³/mol. The molecular formula is C16H17ClN2O3. The van der Waals surface area contributed by atoms with Gasteiger partial charge in [0.25, 0.3) is 0 Å². The van der Waals surface area contributed by atoms with Crippen LogP contribution in [0.15, 0.2) is 24.4 Å². The predicted octanol–water partition coefficient (Wildman–Crippen LogP) is 2.69. The summed E-state index contributed by atoms with van der Waals surface area (Å²) in [4.78, 5) is 28.3. The quantitative estimate of drug-likeness (QED) is 0.913. The number of H-pyrrole nitrogens is 1. The first kappa shape index (κ1) is 14.9. The van der Waals surface area contributed by atoms with E-state index in [1.165, 1.54) is 0 Å². The molecule has 1 fully saturated rings. The van der Waals surface area contributed by atoms with Crippen LogP contribution in [0.3, 0.4) is 0 Å². The van der Waals surface area contributed by atoms with Gasteiger partial charge in [0.15, 0.2) is 0 Å². The summed E-state index contributed by atoms with van der Waals surface area (Å²) in [7, 11) is 0. The summed E-state index contributed by atoms with van der Waals surface area (Å²) in [6, 6.07) is 5.52. The highest BCUT2D eigenvalue weighted by molar-refractivity contribution is 6.31. The number of aliphatic carboxylic acids is 1. The van der Waals surface area contributed by atoms with Crippen LogP contribution in [0.2, 0.25) is 5.02 Å². The van der Waals surface area contributed by atoms with Crippen molar-refractivity contribution in [2.75, 3.05) is 13.1 Å². The van der Waals surface area contributed by atoms with Gasteiger partial charge in [-0.3, -0.25) is 9.59 Å². The lowest BCUT2D eigenvalue weighted by molar-refractivity contribution is -0.145. The number of carboxylic acid groups (broad SMARTS) is 1. The second-order valence-electron chi connectivity index (χ2n) is 5.70. The van der Waals surface area contributed by atoms with Crippen molar-refractivity contribution in [1.82, 2.24) is 9.88 Å². The molecule has 2 aromatic rings. The van der Waals surface area contributed by atoms with Gasteiger partial charge >= 0.3 is 5.97 Å². The van der Waals surface area contributed by atoms with E-state index in [9.17, 15) is 9.59 Å². The number of rotatable bonds is 3. The van der Waals surface area contributed by atoms with Crippen molar-refractivity contribution in [2.45, 2.75) is 19.3 Å². The Morgan fingerprint density at radius 2 is 2.23 bits per heavy atom. The van der Waals surface area contributed by atoms with Crippen molar-refractivity contribution in [3.05, 3.63) is 35.0 Å². The van der Waals surface area contributed by atoms with Gasteiger partial charge in [-0.15, -0.1) is 0 Å². The number of aromatic amines is 1. The number of piperidine rings is 1. The van der Waals surface area contributed by atoms with Crippen LogP contribution in [0.4, 0.5) is 0 Å². The fourth-order valence-corrected chi connectivity index (χ4v) is 3.16. The molecule has 1 aliphatic heterocycles. The third-order valence-corrected chi connectivity index (χ3v) is 4.43. The van der Waals surface area contributed by atoms with E-state index in [0.717, 1.165) is 22.9 Å². The molecule has 0 aliphatic carbocycles. The van der Waals surface area contributed by atoms with Gasteiger partial charge in [-0.05, 0) is 30.5 Å². The summed E-state index contributed by atoms with van der Waals surface area (Å²) in [5.41, 5.74) is 1.81. The SMILES string of the molecule is O=C(O)[C@@H]1CCCN(C(=O)Cc2c[nH]c3cc(Cl)ccc23)C1. The van der Waals surface area contributed by atoms with Crippen molar-refractivity contribution >= 4 is 34.4 Å². The molecule has 2 heterocycles. The van der Waals surface area contributed by atoms with Crippen LogP contribution in [0.5, 0.6) is 0 Å². The molecule has 5 nitrogen and oxygen atoms in total. The number of hydrogen-bond acceptors (Lipinski definition) is 2. The molecule has 1 aromatic carbocycles. The number of hydrogen-bond donors (Lipinski definition) is 2. The summed E-state index contributed by atoms with van der Waals surface area (Å²) in [5, 5.41) is 10.7. The van der Waals surface area contributed by atoms with Gasteiger partial charge in [0.05, 0.1) is 12.3 Å². The maximum Gasteiger partial charge on any atom is 0.308 e. The molecule has 116 valence electrons. The number of benzene rings is 1. The molecule has 1 saturated heterocycles. The zero-order valence-corrected chi connectivity index (χ0v) is 12.8. The van der Waals surface area contributed by atoms with Crippen molar-refractivity contribution in [2.24, 2.45) is 5.92 Å². The van der Waals surface area contributed by atoms with Gasteiger partial charge in [0.1, 0.15) is 0 Å². The molecule has 22 heavy (non-hydrogen) atoms. The minimum absolute atomic E-state index is 0.0261. The summed E-state index contributed by atoms with van der Waals surface area (Å²) < 4.78 is 0. The van der Waals surface area contributed by atoms with Crippen molar-refractivity contribution in [3.8, 4) is 0 Å². The van der Waals surface area contributed by atoms with Gasteiger partial charge in [0.2, 0.25) is 5.91 Å². The zero-order valence-electron chi connectivity index (χ0n) is 12.0. The van der Waals surface area contributed by atoms with Gasteiger partial charge in [-0.25, -0.2) is 0 Å². The number of nitrogens with one attached hydrogen (secondary N) is 1. The zero-order chi connectivity index (χ0) is 15.7. The van der Waals surface area contributed by atoms with Crippen LogP contribution in [0.25, 0.3) is 10.9 Å². The number of aromatic nitrogens is 1. The highest BCUT2D eigenvalue weighted by Gasteiger charge is 2.28. The van der Waals surface area contributed by atoms with Crippen LogP contribution in [-0.2, 0) is 16.0 Å². The molecule has 0 spiro atoms. The van der Waals surface area contributed by atoms with E-state index in [1.807, 2.05) is 18.3 Å². The summed E-state index contributed by atoms with van der Waals surface area (Å²) in [6.45, 7) is 0.944. The number of amides is 1. The molecule has 0 saturated carbocycles. The van der Waals surface area contributed by atoms with Gasteiger partial charge in [-0.1, -0.05) is 17.7 Å². The number of fused-ring (bicyclic) bond motifs is 1. The fourth-order valence-electron chi connectivity index (χ4n) is 2.98. The highest BCUT2D eigenvalue weighted by Crippen LogP contribution is 2.24. The molecular weight excluding hydrogens is 304 g/mol. The Morgan fingerprint density at radius 1 is 1.41 bits per heavy atom. The Kier molecular flexibility index (Phi) is 4.07. The minimum Gasteiger partial charge on any atom is -0.481 e. The Balaban J connectivity index is 1.74. The van der Waals surface area contributed by atoms with E-state index in [0.29, 0.717) is 24.5 Å². The summed E-state index contributed by atoms with van der Waals surface area (Å²) >= 11 is 5.95. The largest absolute Gasteiger partial charge is 0.481 e. The van der Waals surface area contributed by atoms with Crippen LogP contribution in [-0.4, -0.2) is 40.0 Å². The fraction of sp³-hybridized carbons (Fsp3) is 0.375. The number of halogens is 1. The average Bonchev–Trinajstić information content (AvgIpc) is 2.89. The standard InChI is InChI=1S/C16H17ClN2O3/c17-12-3-4-13-11(8-18-14(13)7-12)6-15(20)19-5-1-2-10(9-19)16(21)22/h3-4,7-8,10,18H,1-2,5-6,9H2,(H,21,22)/t10-/m1/s1. The van der Waals surface area contributed by atoms with E-state index in [1.54, 1.807) is 11.0 Å². The summed E-state index contributed by atoms with van der Waals surface area (Å²) in [5.74, 6) is -1.29. The molecule has 6 heteroatoms. The lowest BCUT2D eigenvalue weighted by Crippen LogP contribution is -2.42. The third kappa shape index (κ3) is 2.95. The smallest absolute Gasteiger partial charge is 0.308 e. The number of nitrogens with zero attached hydrogens (tertiary/aromatic N) is 1. The molecule has 1 amide bonds. The molecule has 1 aromatic heterocycles. The third-order valence-electron chi connectivity index (χ3n) is 4.19. The van der Waals surface area contributed by atoms with E-state index in [2.05, 4.69) is 4.98 Å². The van der Waals surface area contributed by atoms with E-state index in [4.69, 9.17) is 16.7 Å². The molecule has 0 bridgehead atoms. The first-order chi connectivity index (χ1) is 10.5. The topological polar surface area (TPSA) is 73.4 Å². The van der Waals surface area contributed by atoms with E-state index >= 15 is 0 Å². The maximum absolute atomic E-state index is 12.4. The van der Waals surface area contributed by atoms with Crippen LogP contribution in [0.1, 0.15) is 18.4 Å². The van der Waals surface area contributed by atoms with Crippen LogP contribution >= 0.6 is 11.6 Å². The van der Waals surface area contributed by atoms with E-state index in [-0.39, 0.29) is 12.3 Å². The normalized spacial score (nSPS) is 18.6. The first-order valence-corrected chi connectivity index (χ1v) is 7.68. The number of carbonyl (C=O) groups is 2. The number of carboxylic acids is 1. The Bertz CT molecular complexity index is 725. The van der Waals surface area contributed by atoms with Gasteiger partial charge < -0.3 is 15.0 Å². The molecule has 0 radical (unpaired) electrons. The molecule has 2 N–H and O–H groups in total. The van der Waals surface area contributed by atoms with Crippen LogP contribution < -0.4 is 0 Å². The Morgan fingerprint density at radius 3 is 3.00 bits per heavy atom. The average molecular weight is 321 g/mol. The maximum atomic E-state index is 12.4. The molecule has 0 unspecified atom stereocenters. The molecule has 1 atom stereocenters. The lowest BCUT2D eigenvalue weighted by atomic mass is 9.97. The summed E-state index contributed by atoms with van der Waals surface area (Å²) in [6.07, 6.45) is 3.47. The number of carbonyl (C=O) groups excluding carboxylic acids is 1. The Hall–Kier alpha value is -2.01.